The molecule has 0 radical (unpaired) electrons. The molecule has 1 unspecified atom stereocenters. The van der Waals surface area contributed by atoms with Gasteiger partial charge >= 0.3 is 0 Å². The van der Waals surface area contributed by atoms with E-state index in [-0.39, 0.29) is 11.8 Å². The lowest BCUT2D eigenvalue weighted by atomic mass is 10.1. The summed E-state index contributed by atoms with van der Waals surface area (Å²) >= 11 is 0. The van der Waals surface area contributed by atoms with E-state index in [1.54, 1.807) is 12.5 Å². The standard InChI is InChI=1S/C13H18N4O2S/c1-11(16-7-9-20(14,18)19)12-2-4-13(5-3-12)17-8-6-15-10-17/h2-6,8,10-11,16H,7,9H2,1H3,(H2,14,18,19). The van der Waals surface area contributed by atoms with E-state index in [4.69, 9.17) is 5.14 Å². The Balaban J connectivity index is 1.96. The minimum Gasteiger partial charge on any atom is -0.309 e. The van der Waals surface area contributed by atoms with Crippen LogP contribution < -0.4 is 10.5 Å². The van der Waals surface area contributed by atoms with Crippen LogP contribution in [0.2, 0.25) is 0 Å². The highest BCUT2D eigenvalue weighted by atomic mass is 32.2. The fraction of sp³-hybridized carbons (Fsp3) is 0.308. The van der Waals surface area contributed by atoms with Gasteiger partial charge in [-0.05, 0) is 24.6 Å². The van der Waals surface area contributed by atoms with Crippen molar-refractivity contribution in [2.24, 2.45) is 5.14 Å². The van der Waals surface area contributed by atoms with Crippen molar-refractivity contribution in [1.29, 1.82) is 0 Å². The molecule has 1 aromatic carbocycles. The van der Waals surface area contributed by atoms with E-state index < -0.39 is 10.0 Å². The number of nitrogens with one attached hydrogen (secondary N) is 1. The highest BCUT2D eigenvalue weighted by molar-refractivity contribution is 7.89. The fourth-order valence-electron chi connectivity index (χ4n) is 1.88. The summed E-state index contributed by atoms with van der Waals surface area (Å²) in [7, 11) is -3.41. The zero-order valence-electron chi connectivity index (χ0n) is 11.2. The van der Waals surface area contributed by atoms with Gasteiger partial charge in [-0.2, -0.15) is 0 Å². The highest BCUT2D eigenvalue weighted by Crippen LogP contribution is 2.15. The predicted molar refractivity (Wildman–Crippen MR) is 78.0 cm³/mol. The average Bonchev–Trinajstić information content (AvgIpc) is 2.91. The Kier molecular flexibility index (Phi) is 4.53. The van der Waals surface area contributed by atoms with Gasteiger partial charge in [-0.25, -0.2) is 18.5 Å². The second-order valence-electron chi connectivity index (χ2n) is 4.60. The first-order chi connectivity index (χ1) is 9.46. The zero-order chi connectivity index (χ0) is 14.6. The Hall–Kier alpha value is -1.70. The molecule has 7 heteroatoms. The van der Waals surface area contributed by atoms with Crippen LogP contribution in [0.15, 0.2) is 43.0 Å². The minimum atomic E-state index is -3.41. The summed E-state index contributed by atoms with van der Waals surface area (Å²) in [6, 6.07) is 8.06. The normalized spacial score (nSPS) is 13.3. The van der Waals surface area contributed by atoms with Gasteiger partial charge in [-0.15, -0.1) is 0 Å². The number of hydrogen-bond donors (Lipinski definition) is 2. The molecule has 0 aliphatic heterocycles. The van der Waals surface area contributed by atoms with Gasteiger partial charge in [-0.3, -0.25) is 0 Å². The molecule has 0 saturated heterocycles. The molecule has 20 heavy (non-hydrogen) atoms. The molecule has 108 valence electrons. The average molecular weight is 294 g/mol. The monoisotopic (exact) mass is 294 g/mol. The zero-order valence-corrected chi connectivity index (χ0v) is 12.0. The van der Waals surface area contributed by atoms with Crippen LogP contribution >= 0.6 is 0 Å². The molecule has 0 amide bonds. The van der Waals surface area contributed by atoms with Gasteiger partial charge < -0.3 is 9.88 Å². The van der Waals surface area contributed by atoms with Crippen LogP contribution in [0.5, 0.6) is 0 Å². The predicted octanol–water partition coefficient (Wildman–Crippen LogP) is 0.811. The van der Waals surface area contributed by atoms with Crippen molar-refractivity contribution in [1.82, 2.24) is 14.9 Å². The van der Waals surface area contributed by atoms with Crippen molar-refractivity contribution >= 4 is 10.0 Å². The molecule has 2 rings (SSSR count). The largest absolute Gasteiger partial charge is 0.309 e. The summed E-state index contributed by atoms with van der Waals surface area (Å²) in [5, 5.41) is 8.09. The molecular formula is C13H18N4O2S. The molecule has 3 N–H and O–H groups in total. The Morgan fingerprint density at radius 3 is 2.60 bits per heavy atom. The number of aromatic nitrogens is 2. The lowest BCUT2D eigenvalue weighted by Crippen LogP contribution is -2.28. The summed E-state index contributed by atoms with van der Waals surface area (Å²) in [6.07, 6.45) is 5.34. The highest BCUT2D eigenvalue weighted by Gasteiger charge is 2.07. The number of nitrogens with zero attached hydrogens (tertiary/aromatic N) is 2. The Morgan fingerprint density at radius 2 is 2.05 bits per heavy atom. The SMILES string of the molecule is CC(NCCS(N)(=O)=O)c1ccc(-n2ccnc2)cc1. The minimum absolute atomic E-state index is 0.0635. The third-order valence-corrected chi connectivity index (χ3v) is 3.81. The number of nitrogens with two attached hydrogens (primary N) is 1. The summed E-state index contributed by atoms with van der Waals surface area (Å²) in [4.78, 5) is 4.00. The quantitative estimate of drug-likeness (QED) is 0.825. The topological polar surface area (TPSA) is 90.0 Å². The first-order valence-electron chi connectivity index (χ1n) is 6.28. The molecule has 1 atom stereocenters. The maximum Gasteiger partial charge on any atom is 0.210 e. The van der Waals surface area contributed by atoms with Gasteiger partial charge in [0, 0.05) is 30.7 Å². The first kappa shape index (κ1) is 14.7. The third-order valence-electron chi connectivity index (χ3n) is 3.03. The van der Waals surface area contributed by atoms with Crippen LogP contribution in [0.1, 0.15) is 18.5 Å². The van der Waals surface area contributed by atoms with Crippen molar-refractivity contribution in [2.45, 2.75) is 13.0 Å². The Bertz CT molecular complexity index is 636. The van der Waals surface area contributed by atoms with Crippen LogP contribution in [0.4, 0.5) is 0 Å². The van der Waals surface area contributed by atoms with E-state index in [1.165, 1.54) is 0 Å². The van der Waals surface area contributed by atoms with Gasteiger partial charge in [-0.1, -0.05) is 12.1 Å². The second kappa shape index (κ2) is 6.17. The van der Waals surface area contributed by atoms with E-state index in [1.807, 2.05) is 42.0 Å². The van der Waals surface area contributed by atoms with Crippen molar-refractivity contribution in [3.8, 4) is 5.69 Å². The van der Waals surface area contributed by atoms with Crippen molar-refractivity contribution in [3.05, 3.63) is 48.5 Å². The molecule has 0 spiro atoms. The van der Waals surface area contributed by atoms with Crippen LogP contribution in [0.3, 0.4) is 0 Å². The van der Waals surface area contributed by atoms with Crippen LogP contribution in [0.25, 0.3) is 5.69 Å². The van der Waals surface area contributed by atoms with Crippen molar-refractivity contribution in [2.75, 3.05) is 12.3 Å². The second-order valence-corrected chi connectivity index (χ2v) is 6.34. The summed E-state index contributed by atoms with van der Waals surface area (Å²) in [5.74, 6) is -0.0650. The third kappa shape index (κ3) is 4.16. The number of primary sulfonamides is 1. The fourth-order valence-corrected chi connectivity index (χ4v) is 2.28. The summed E-state index contributed by atoms with van der Waals surface area (Å²) in [5.41, 5.74) is 2.12. The lowest BCUT2D eigenvalue weighted by molar-refractivity contribution is 0.573. The molecular weight excluding hydrogens is 276 g/mol. The molecule has 2 aromatic rings. The summed E-state index contributed by atoms with van der Waals surface area (Å²) in [6.45, 7) is 2.32. The van der Waals surface area contributed by atoms with E-state index >= 15 is 0 Å². The van der Waals surface area contributed by atoms with Crippen molar-refractivity contribution in [3.63, 3.8) is 0 Å². The Labute approximate surface area is 118 Å². The van der Waals surface area contributed by atoms with E-state index in [0.717, 1.165) is 11.3 Å². The molecule has 0 saturated carbocycles. The maximum absolute atomic E-state index is 10.9. The molecule has 1 aromatic heterocycles. The van der Waals surface area contributed by atoms with E-state index in [2.05, 4.69) is 10.3 Å². The van der Waals surface area contributed by atoms with Gasteiger partial charge in [0.2, 0.25) is 10.0 Å². The molecule has 6 nitrogen and oxygen atoms in total. The van der Waals surface area contributed by atoms with Gasteiger partial charge in [0.1, 0.15) is 0 Å². The lowest BCUT2D eigenvalue weighted by Gasteiger charge is -2.14. The molecule has 0 bridgehead atoms. The van der Waals surface area contributed by atoms with Crippen molar-refractivity contribution < 1.29 is 8.42 Å². The number of benzene rings is 1. The Morgan fingerprint density at radius 1 is 1.35 bits per heavy atom. The molecule has 1 heterocycles. The van der Waals surface area contributed by atoms with Gasteiger partial charge in [0.05, 0.1) is 12.1 Å². The van der Waals surface area contributed by atoms with Crippen LogP contribution in [-0.2, 0) is 10.0 Å². The maximum atomic E-state index is 10.9. The molecule has 0 aliphatic carbocycles. The van der Waals surface area contributed by atoms with Gasteiger partial charge in [0.25, 0.3) is 0 Å². The van der Waals surface area contributed by atoms with Crippen LogP contribution in [0, 0.1) is 0 Å². The van der Waals surface area contributed by atoms with E-state index in [9.17, 15) is 8.42 Å². The summed E-state index contributed by atoms with van der Waals surface area (Å²) < 4.78 is 23.6. The van der Waals surface area contributed by atoms with Gasteiger partial charge in [0.15, 0.2) is 0 Å². The van der Waals surface area contributed by atoms with Crippen LogP contribution in [-0.4, -0.2) is 30.3 Å². The molecule has 0 fully saturated rings. The molecule has 0 aliphatic rings. The smallest absolute Gasteiger partial charge is 0.210 e. The number of rotatable bonds is 6. The first-order valence-corrected chi connectivity index (χ1v) is 7.99. The van der Waals surface area contributed by atoms with E-state index in [0.29, 0.717) is 6.54 Å². The number of sulfonamides is 1. The number of hydrogen-bond acceptors (Lipinski definition) is 4. The number of imidazole rings is 1.